The van der Waals surface area contributed by atoms with Gasteiger partial charge in [-0.3, -0.25) is 9.48 Å². The number of aromatic nitrogens is 2. The number of carbonyl (C=O) groups is 1. The Kier molecular flexibility index (Phi) is 5.88. The molecule has 1 aliphatic carbocycles. The number of methoxy groups -OCH3 is 1. The number of hydrogen-bond donors (Lipinski definition) is 1. The standard InChI is InChI=1S/C22H31N3O2/c1-16-18(17(2)25(3)24-16)11-12-21(26)23-15-22(13-7-8-14-22)19-9-5-6-10-20(19)27-4/h5-6,9-10H,7-8,11-15H2,1-4H3,(H,23,26). The molecule has 0 saturated heterocycles. The summed E-state index contributed by atoms with van der Waals surface area (Å²) in [6.07, 6.45) is 5.81. The van der Waals surface area contributed by atoms with Gasteiger partial charge in [0.25, 0.3) is 0 Å². The molecule has 1 amide bonds. The fourth-order valence-electron chi connectivity index (χ4n) is 4.45. The highest BCUT2D eigenvalue weighted by atomic mass is 16.5. The third-order valence-corrected chi connectivity index (χ3v) is 6.12. The molecule has 0 radical (unpaired) electrons. The number of amides is 1. The summed E-state index contributed by atoms with van der Waals surface area (Å²) in [5.74, 6) is 1.04. The Bertz CT molecular complexity index is 804. The summed E-state index contributed by atoms with van der Waals surface area (Å²) >= 11 is 0. The third-order valence-electron chi connectivity index (χ3n) is 6.12. The van der Waals surface area contributed by atoms with Crippen molar-refractivity contribution in [3.8, 4) is 5.75 Å². The molecule has 3 rings (SSSR count). The minimum Gasteiger partial charge on any atom is -0.496 e. The average Bonchev–Trinajstić information content (AvgIpc) is 3.24. The number of ether oxygens (including phenoxy) is 1. The van der Waals surface area contributed by atoms with E-state index in [-0.39, 0.29) is 11.3 Å². The number of benzene rings is 1. The van der Waals surface area contributed by atoms with Crippen molar-refractivity contribution in [2.75, 3.05) is 13.7 Å². The summed E-state index contributed by atoms with van der Waals surface area (Å²) in [7, 11) is 3.67. The molecule has 0 unspecified atom stereocenters. The highest BCUT2D eigenvalue weighted by Gasteiger charge is 2.37. The van der Waals surface area contributed by atoms with E-state index in [4.69, 9.17) is 4.74 Å². The van der Waals surface area contributed by atoms with Gasteiger partial charge in [0, 0.05) is 36.7 Å². The summed E-state index contributed by atoms with van der Waals surface area (Å²) < 4.78 is 7.49. The second-order valence-electron chi connectivity index (χ2n) is 7.74. The van der Waals surface area contributed by atoms with Crippen molar-refractivity contribution in [3.05, 3.63) is 46.8 Å². The van der Waals surface area contributed by atoms with Gasteiger partial charge in [0.15, 0.2) is 0 Å². The van der Waals surface area contributed by atoms with Crippen LogP contribution in [0.15, 0.2) is 24.3 Å². The first-order valence-corrected chi connectivity index (χ1v) is 9.86. The van der Waals surface area contributed by atoms with Crippen molar-refractivity contribution in [1.82, 2.24) is 15.1 Å². The van der Waals surface area contributed by atoms with E-state index in [1.165, 1.54) is 24.0 Å². The molecular formula is C22H31N3O2. The van der Waals surface area contributed by atoms with Gasteiger partial charge in [-0.2, -0.15) is 5.10 Å². The fraction of sp³-hybridized carbons (Fsp3) is 0.545. The van der Waals surface area contributed by atoms with E-state index in [2.05, 4.69) is 29.5 Å². The number of hydrogen-bond acceptors (Lipinski definition) is 3. The molecule has 27 heavy (non-hydrogen) atoms. The topological polar surface area (TPSA) is 56.1 Å². The SMILES string of the molecule is COc1ccccc1C1(CNC(=O)CCc2c(C)nn(C)c2C)CCCC1. The molecule has 1 heterocycles. The molecule has 1 fully saturated rings. The van der Waals surface area contributed by atoms with Gasteiger partial charge in [-0.05, 0) is 44.7 Å². The van der Waals surface area contributed by atoms with Crippen LogP contribution in [0.3, 0.4) is 0 Å². The van der Waals surface area contributed by atoms with Gasteiger partial charge in [0.05, 0.1) is 12.8 Å². The molecule has 2 aromatic rings. The van der Waals surface area contributed by atoms with Crippen molar-refractivity contribution in [1.29, 1.82) is 0 Å². The van der Waals surface area contributed by atoms with Gasteiger partial charge < -0.3 is 10.1 Å². The van der Waals surface area contributed by atoms with Crippen molar-refractivity contribution < 1.29 is 9.53 Å². The van der Waals surface area contributed by atoms with Crippen LogP contribution in [-0.2, 0) is 23.7 Å². The van der Waals surface area contributed by atoms with Gasteiger partial charge in [-0.15, -0.1) is 0 Å². The van der Waals surface area contributed by atoms with Crippen LogP contribution in [0.2, 0.25) is 0 Å². The Morgan fingerprint density at radius 1 is 1.26 bits per heavy atom. The van der Waals surface area contributed by atoms with Crippen LogP contribution in [0.4, 0.5) is 0 Å². The first-order valence-electron chi connectivity index (χ1n) is 9.86. The van der Waals surface area contributed by atoms with Gasteiger partial charge in [0.2, 0.25) is 5.91 Å². The lowest BCUT2D eigenvalue weighted by Gasteiger charge is -2.31. The van der Waals surface area contributed by atoms with Crippen LogP contribution < -0.4 is 10.1 Å². The lowest BCUT2D eigenvalue weighted by Crippen LogP contribution is -2.39. The van der Waals surface area contributed by atoms with E-state index in [1.54, 1.807) is 7.11 Å². The molecule has 1 aliphatic rings. The summed E-state index contributed by atoms with van der Waals surface area (Å²) in [4.78, 5) is 12.6. The summed E-state index contributed by atoms with van der Waals surface area (Å²) in [6, 6.07) is 8.24. The van der Waals surface area contributed by atoms with E-state index in [0.29, 0.717) is 13.0 Å². The first-order chi connectivity index (χ1) is 13.0. The number of carbonyl (C=O) groups excluding carboxylic acids is 1. The highest BCUT2D eigenvalue weighted by Crippen LogP contribution is 2.44. The normalized spacial score (nSPS) is 15.7. The zero-order valence-corrected chi connectivity index (χ0v) is 17.0. The number of nitrogens with zero attached hydrogens (tertiary/aromatic N) is 2. The predicted molar refractivity (Wildman–Crippen MR) is 107 cm³/mol. The zero-order chi connectivity index (χ0) is 19.4. The fourth-order valence-corrected chi connectivity index (χ4v) is 4.45. The summed E-state index contributed by atoms with van der Waals surface area (Å²) in [6.45, 7) is 4.75. The monoisotopic (exact) mass is 369 g/mol. The van der Waals surface area contributed by atoms with E-state index in [9.17, 15) is 4.79 Å². The van der Waals surface area contributed by atoms with Gasteiger partial charge in [0.1, 0.15) is 5.75 Å². The van der Waals surface area contributed by atoms with Crippen LogP contribution in [0.5, 0.6) is 5.75 Å². The minimum atomic E-state index is -0.0115. The molecule has 1 saturated carbocycles. The first kappa shape index (κ1) is 19.5. The summed E-state index contributed by atoms with van der Waals surface area (Å²) in [5.41, 5.74) is 4.56. The Labute approximate surface area is 162 Å². The van der Waals surface area contributed by atoms with Gasteiger partial charge >= 0.3 is 0 Å². The molecule has 1 aromatic heterocycles. The second kappa shape index (κ2) is 8.15. The van der Waals surface area contributed by atoms with Gasteiger partial charge in [-0.1, -0.05) is 31.0 Å². The maximum atomic E-state index is 12.6. The molecular weight excluding hydrogens is 338 g/mol. The molecule has 1 N–H and O–H groups in total. The molecule has 0 atom stereocenters. The van der Waals surface area contributed by atoms with Crippen LogP contribution in [-0.4, -0.2) is 29.3 Å². The van der Waals surface area contributed by atoms with E-state index < -0.39 is 0 Å². The molecule has 0 spiro atoms. The van der Waals surface area contributed by atoms with E-state index >= 15 is 0 Å². The number of para-hydroxylation sites is 1. The maximum Gasteiger partial charge on any atom is 0.220 e. The van der Waals surface area contributed by atoms with E-state index in [1.807, 2.05) is 30.8 Å². The predicted octanol–water partition coefficient (Wildman–Crippen LogP) is 3.61. The number of nitrogens with one attached hydrogen (secondary N) is 1. The summed E-state index contributed by atoms with van der Waals surface area (Å²) in [5, 5.41) is 7.65. The largest absolute Gasteiger partial charge is 0.496 e. The Balaban J connectivity index is 1.65. The Hall–Kier alpha value is -2.30. The molecule has 0 bridgehead atoms. The van der Waals surface area contributed by atoms with Crippen LogP contribution in [0, 0.1) is 13.8 Å². The molecule has 5 heteroatoms. The Morgan fingerprint density at radius 3 is 2.59 bits per heavy atom. The van der Waals surface area contributed by atoms with Crippen LogP contribution in [0.25, 0.3) is 0 Å². The molecule has 146 valence electrons. The lowest BCUT2D eigenvalue weighted by molar-refractivity contribution is -0.121. The van der Waals surface area contributed by atoms with E-state index in [0.717, 1.165) is 36.4 Å². The van der Waals surface area contributed by atoms with Crippen LogP contribution in [0.1, 0.15) is 54.6 Å². The maximum absolute atomic E-state index is 12.6. The number of aryl methyl sites for hydroxylation is 2. The molecule has 5 nitrogen and oxygen atoms in total. The highest BCUT2D eigenvalue weighted by molar-refractivity contribution is 5.76. The van der Waals surface area contributed by atoms with Crippen molar-refractivity contribution in [2.24, 2.45) is 7.05 Å². The molecule has 1 aromatic carbocycles. The van der Waals surface area contributed by atoms with Crippen LogP contribution >= 0.6 is 0 Å². The minimum absolute atomic E-state index is 0.0115. The zero-order valence-electron chi connectivity index (χ0n) is 17.0. The average molecular weight is 370 g/mol. The second-order valence-corrected chi connectivity index (χ2v) is 7.74. The molecule has 0 aliphatic heterocycles. The van der Waals surface area contributed by atoms with Gasteiger partial charge in [-0.25, -0.2) is 0 Å². The Morgan fingerprint density at radius 2 is 1.96 bits per heavy atom. The van der Waals surface area contributed by atoms with Crippen molar-refractivity contribution in [3.63, 3.8) is 0 Å². The van der Waals surface area contributed by atoms with Crippen molar-refractivity contribution >= 4 is 5.91 Å². The lowest BCUT2D eigenvalue weighted by atomic mass is 9.78. The number of rotatable bonds is 7. The smallest absolute Gasteiger partial charge is 0.220 e. The third kappa shape index (κ3) is 4.02. The quantitative estimate of drug-likeness (QED) is 0.811. The van der Waals surface area contributed by atoms with Crippen molar-refractivity contribution in [2.45, 2.75) is 57.8 Å².